The van der Waals surface area contributed by atoms with Gasteiger partial charge in [-0.15, -0.1) is 0 Å². The van der Waals surface area contributed by atoms with Crippen LogP contribution in [-0.2, 0) is 11.3 Å². The van der Waals surface area contributed by atoms with E-state index in [1.807, 2.05) is 13.1 Å². The van der Waals surface area contributed by atoms with E-state index in [1.165, 1.54) is 0 Å². The summed E-state index contributed by atoms with van der Waals surface area (Å²) in [5.41, 5.74) is 1.03. The molecule has 112 valence electrons. The zero-order chi connectivity index (χ0) is 15.0. The van der Waals surface area contributed by atoms with E-state index >= 15 is 0 Å². The summed E-state index contributed by atoms with van der Waals surface area (Å²) >= 11 is 3.29. The van der Waals surface area contributed by atoms with E-state index in [9.17, 15) is 9.90 Å². The third-order valence-electron chi connectivity index (χ3n) is 3.59. The maximum absolute atomic E-state index is 12.0. The number of carbonyl (C=O) groups excluding carboxylic acids is 1. The summed E-state index contributed by atoms with van der Waals surface area (Å²) in [5, 5.41) is 21.1. The Morgan fingerprint density at radius 2 is 2.29 bits per heavy atom. The third kappa shape index (κ3) is 3.01. The van der Waals surface area contributed by atoms with Crippen LogP contribution < -0.4 is 5.32 Å². The molecule has 1 aliphatic rings. The molecule has 0 unspecified atom stereocenters. The van der Waals surface area contributed by atoms with Crippen LogP contribution >= 0.6 is 15.9 Å². The Kier molecular flexibility index (Phi) is 3.81. The van der Waals surface area contributed by atoms with Gasteiger partial charge in [0.05, 0.1) is 35.1 Å². The summed E-state index contributed by atoms with van der Waals surface area (Å²) in [4.78, 5) is 12.0. The van der Waals surface area contributed by atoms with Crippen molar-refractivity contribution < 1.29 is 9.90 Å². The molecule has 3 rings (SSSR count). The van der Waals surface area contributed by atoms with Crippen molar-refractivity contribution in [2.45, 2.75) is 38.1 Å². The standard InChI is InChI=1S/C13H16BrN5O2/c1-8-3-16-19(5-8)13-10(2-11(13)20)17-12(21)7-18-6-9(14)4-15-18/h3-6,10-11,13,20H,2,7H2,1H3,(H,17,21)/t10-,11+,13+/m0/s1. The number of amides is 1. The Morgan fingerprint density at radius 3 is 2.86 bits per heavy atom. The Balaban J connectivity index is 1.61. The zero-order valence-electron chi connectivity index (χ0n) is 11.5. The van der Waals surface area contributed by atoms with Gasteiger partial charge in [-0.2, -0.15) is 10.2 Å². The number of rotatable bonds is 4. The van der Waals surface area contributed by atoms with Crippen LogP contribution in [0.2, 0.25) is 0 Å². The van der Waals surface area contributed by atoms with Crippen molar-refractivity contribution >= 4 is 21.8 Å². The summed E-state index contributed by atoms with van der Waals surface area (Å²) in [6, 6.07) is -0.308. The molecule has 2 heterocycles. The molecule has 21 heavy (non-hydrogen) atoms. The van der Waals surface area contributed by atoms with Crippen molar-refractivity contribution in [3.05, 3.63) is 34.8 Å². The molecule has 1 aliphatic carbocycles. The van der Waals surface area contributed by atoms with Gasteiger partial charge in [-0.1, -0.05) is 0 Å². The zero-order valence-corrected chi connectivity index (χ0v) is 13.1. The largest absolute Gasteiger partial charge is 0.391 e. The quantitative estimate of drug-likeness (QED) is 0.844. The monoisotopic (exact) mass is 353 g/mol. The SMILES string of the molecule is Cc1cnn([C@H]2[C@H](O)C[C@@H]2NC(=O)Cn2cc(Br)cn2)c1. The number of aromatic nitrogens is 4. The first-order valence-electron chi connectivity index (χ1n) is 6.69. The van der Waals surface area contributed by atoms with Crippen molar-refractivity contribution in [2.75, 3.05) is 0 Å². The Hall–Kier alpha value is -1.67. The summed E-state index contributed by atoms with van der Waals surface area (Å²) in [6.45, 7) is 2.10. The number of carbonyl (C=O) groups is 1. The van der Waals surface area contributed by atoms with Gasteiger partial charge in [0.25, 0.3) is 0 Å². The van der Waals surface area contributed by atoms with E-state index in [-0.39, 0.29) is 24.5 Å². The minimum atomic E-state index is -0.478. The lowest BCUT2D eigenvalue weighted by atomic mass is 9.83. The molecular weight excluding hydrogens is 338 g/mol. The van der Waals surface area contributed by atoms with E-state index in [0.29, 0.717) is 6.42 Å². The van der Waals surface area contributed by atoms with Crippen LogP contribution in [0.1, 0.15) is 18.0 Å². The lowest BCUT2D eigenvalue weighted by Gasteiger charge is -2.41. The van der Waals surface area contributed by atoms with E-state index < -0.39 is 6.10 Å². The number of halogens is 1. The van der Waals surface area contributed by atoms with Gasteiger partial charge in [-0.25, -0.2) is 0 Å². The Labute approximate surface area is 130 Å². The lowest BCUT2D eigenvalue weighted by molar-refractivity contribution is -0.125. The first kappa shape index (κ1) is 14.3. The van der Waals surface area contributed by atoms with Crippen LogP contribution in [0.3, 0.4) is 0 Å². The average Bonchev–Trinajstić information content (AvgIpc) is 2.98. The fraction of sp³-hybridized carbons (Fsp3) is 0.462. The van der Waals surface area contributed by atoms with Gasteiger partial charge in [0.2, 0.25) is 5.91 Å². The van der Waals surface area contributed by atoms with Crippen LogP contribution in [0.5, 0.6) is 0 Å². The number of nitrogens with one attached hydrogen (secondary N) is 1. The van der Waals surface area contributed by atoms with Crippen molar-refractivity contribution in [1.82, 2.24) is 24.9 Å². The predicted octanol–water partition coefficient (Wildman–Crippen LogP) is 0.641. The molecule has 0 spiro atoms. The molecule has 1 amide bonds. The Bertz CT molecular complexity index is 653. The number of aliphatic hydroxyl groups excluding tert-OH is 1. The van der Waals surface area contributed by atoms with Crippen LogP contribution in [0.25, 0.3) is 0 Å². The third-order valence-corrected chi connectivity index (χ3v) is 4.00. The second kappa shape index (κ2) is 5.61. The highest BCUT2D eigenvalue weighted by molar-refractivity contribution is 9.10. The molecule has 1 saturated carbocycles. The van der Waals surface area contributed by atoms with E-state index in [0.717, 1.165) is 10.0 Å². The summed E-state index contributed by atoms with van der Waals surface area (Å²) < 4.78 is 4.11. The minimum absolute atomic E-state index is 0.106. The highest BCUT2D eigenvalue weighted by Crippen LogP contribution is 2.32. The van der Waals surface area contributed by atoms with Gasteiger partial charge in [0.1, 0.15) is 6.54 Å². The van der Waals surface area contributed by atoms with Crippen molar-refractivity contribution in [3.63, 3.8) is 0 Å². The van der Waals surface area contributed by atoms with Crippen LogP contribution in [0.15, 0.2) is 29.3 Å². The number of nitrogens with zero attached hydrogens (tertiary/aromatic N) is 4. The maximum Gasteiger partial charge on any atom is 0.242 e. The molecule has 3 atom stereocenters. The average molecular weight is 354 g/mol. The second-order valence-electron chi connectivity index (χ2n) is 5.32. The molecule has 0 bridgehead atoms. The predicted molar refractivity (Wildman–Crippen MR) is 78.5 cm³/mol. The number of hydrogen-bond acceptors (Lipinski definition) is 4. The molecule has 8 heteroatoms. The fourth-order valence-corrected chi connectivity index (χ4v) is 2.86. The van der Waals surface area contributed by atoms with Crippen molar-refractivity contribution in [3.8, 4) is 0 Å². The van der Waals surface area contributed by atoms with Gasteiger partial charge in [-0.3, -0.25) is 14.2 Å². The highest BCUT2D eigenvalue weighted by atomic mass is 79.9. The molecule has 0 radical (unpaired) electrons. The van der Waals surface area contributed by atoms with Crippen LogP contribution in [0.4, 0.5) is 0 Å². The molecule has 2 N–H and O–H groups in total. The highest BCUT2D eigenvalue weighted by Gasteiger charge is 2.42. The number of aryl methyl sites for hydroxylation is 1. The first-order valence-corrected chi connectivity index (χ1v) is 7.48. The minimum Gasteiger partial charge on any atom is -0.391 e. The molecule has 2 aromatic heterocycles. The summed E-state index contributed by atoms with van der Waals surface area (Å²) in [5.74, 6) is -0.128. The Morgan fingerprint density at radius 1 is 1.48 bits per heavy atom. The van der Waals surface area contributed by atoms with Gasteiger partial charge in [0, 0.05) is 12.4 Å². The molecule has 7 nitrogen and oxygen atoms in total. The van der Waals surface area contributed by atoms with Gasteiger partial charge in [0.15, 0.2) is 0 Å². The molecule has 1 fully saturated rings. The lowest BCUT2D eigenvalue weighted by Crippen LogP contribution is -2.56. The van der Waals surface area contributed by atoms with E-state index in [4.69, 9.17) is 0 Å². The molecule has 0 aromatic carbocycles. The normalized spacial score (nSPS) is 24.6. The van der Waals surface area contributed by atoms with Gasteiger partial charge >= 0.3 is 0 Å². The van der Waals surface area contributed by atoms with E-state index in [2.05, 4.69) is 31.4 Å². The topological polar surface area (TPSA) is 85.0 Å². The molecule has 0 aliphatic heterocycles. The van der Waals surface area contributed by atoms with E-state index in [1.54, 1.807) is 28.0 Å². The molecule has 0 saturated heterocycles. The second-order valence-corrected chi connectivity index (χ2v) is 6.24. The van der Waals surface area contributed by atoms with Crippen LogP contribution in [-0.4, -0.2) is 42.7 Å². The first-order chi connectivity index (χ1) is 10.0. The molecular formula is C13H16BrN5O2. The van der Waals surface area contributed by atoms with Gasteiger partial charge in [-0.05, 0) is 34.8 Å². The fourth-order valence-electron chi connectivity index (χ4n) is 2.54. The maximum atomic E-state index is 12.0. The number of hydrogen-bond donors (Lipinski definition) is 2. The molecule has 2 aromatic rings. The summed E-state index contributed by atoms with van der Waals surface area (Å²) in [7, 11) is 0. The van der Waals surface area contributed by atoms with Crippen molar-refractivity contribution in [1.29, 1.82) is 0 Å². The summed E-state index contributed by atoms with van der Waals surface area (Å²) in [6.07, 6.45) is 7.05. The van der Waals surface area contributed by atoms with Crippen molar-refractivity contribution in [2.24, 2.45) is 0 Å². The number of aliphatic hydroxyl groups is 1. The van der Waals surface area contributed by atoms with Crippen LogP contribution in [0, 0.1) is 6.92 Å². The van der Waals surface area contributed by atoms with Gasteiger partial charge < -0.3 is 10.4 Å². The smallest absolute Gasteiger partial charge is 0.242 e.